The molecule has 0 bridgehead atoms. The fourth-order valence-electron chi connectivity index (χ4n) is 3.28. The van der Waals surface area contributed by atoms with Gasteiger partial charge in [-0.2, -0.15) is 0 Å². The van der Waals surface area contributed by atoms with Crippen molar-refractivity contribution in [3.8, 4) is 0 Å². The first kappa shape index (κ1) is 16.7. The van der Waals surface area contributed by atoms with Crippen LogP contribution in [0.15, 0.2) is 0 Å². The number of carbonyl (C=O) groups is 2. The maximum atomic E-state index is 12.5. The molecule has 3 amide bonds. The summed E-state index contributed by atoms with van der Waals surface area (Å²) in [4.78, 5) is 28.1. The lowest BCUT2D eigenvalue weighted by atomic mass is 10.2. The van der Waals surface area contributed by atoms with Gasteiger partial charge in [0.2, 0.25) is 5.91 Å². The number of hydrogen-bond donors (Lipinski definition) is 1. The highest BCUT2D eigenvalue weighted by molar-refractivity contribution is 5.76. The molecule has 24 heavy (non-hydrogen) atoms. The van der Waals surface area contributed by atoms with Gasteiger partial charge in [-0.1, -0.05) is 0 Å². The lowest BCUT2D eigenvalue weighted by Gasteiger charge is -2.30. The summed E-state index contributed by atoms with van der Waals surface area (Å²) in [6.45, 7) is 3.51. The Hall–Kier alpha value is -2.19. The Morgan fingerprint density at radius 3 is 2.75 bits per heavy atom. The smallest absolute Gasteiger partial charge is 0.317 e. The monoisotopic (exact) mass is 335 g/mol. The molecule has 1 saturated carbocycles. The molecule has 1 aliphatic heterocycles. The van der Waals surface area contributed by atoms with Gasteiger partial charge in [-0.25, -0.2) is 9.48 Å². The number of aromatic nitrogens is 4. The van der Waals surface area contributed by atoms with E-state index in [2.05, 4.69) is 20.8 Å². The summed E-state index contributed by atoms with van der Waals surface area (Å²) >= 11 is 0. The van der Waals surface area contributed by atoms with Crippen molar-refractivity contribution in [2.75, 3.05) is 19.6 Å². The molecule has 0 spiro atoms. The number of hydrogen-bond acceptors (Lipinski definition) is 5. The van der Waals surface area contributed by atoms with E-state index in [0.717, 1.165) is 38.1 Å². The molecule has 132 valence electrons. The van der Waals surface area contributed by atoms with Crippen molar-refractivity contribution in [1.82, 2.24) is 35.3 Å². The summed E-state index contributed by atoms with van der Waals surface area (Å²) in [5, 5.41) is 14.2. The Morgan fingerprint density at radius 2 is 2.12 bits per heavy atom. The van der Waals surface area contributed by atoms with E-state index in [4.69, 9.17) is 0 Å². The van der Waals surface area contributed by atoms with Gasteiger partial charge >= 0.3 is 6.03 Å². The second-order valence-corrected chi connectivity index (χ2v) is 6.59. The highest BCUT2D eigenvalue weighted by Crippen LogP contribution is 2.29. The molecule has 0 aromatic carbocycles. The predicted molar refractivity (Wildman–Crippen MR) is 86.0 cm³/mol. The highest BCUT2D eigenvalue weighted by atomic mass is 16.2. The zero-order valence-electron chi connectivity index (χ0n) is 14.3. The first-order valence-electron chi connectivity index (χ1n) is 8.59. The summed E-state index contributed by atoms with van der Waals surface area (Å²) in [5.41, 5.74) is 0. The van der Waals surface area contributed by atoms with Crippen LogP contribution < -0.4 is 5.32 Å². The number of urea groups is 1. The van der Waals surface area contributed by atoms with Crippen LogP contribution in [0.3, 0.4) is 0 Å². The van der Waals surface area contributed by atoms with Gasteiger partial charge in [-0.05, 0) is 36.1 Å². The van der Waals surface area contributed by atoms with Gasteiger partial charge < -0.3 is 15.1 Å². The molecule has 1 saturated heterocycles. The van der Waals surface area contributed by atoms with E-state index < -0.39 is 0 Å². The van der Waals surface area contributed by atoms with Gasteiger partial charge in [0.1, 0.15) is 0 Å². The quantitative estimate of drug-likeness (QED) is 0.785. The fraction of sp³-hybridized carbons (Fsp3) is 0.800. The molecule has 2 heterocycles. The molecule has 3 rings (SSSR count). The van der Waals surface area contributed by atoms with Crippen molar-refractivity contribution in [2.45, 2.75) is 51.1 Å². The third-order valence-electron chi connectivity index (χ3n) is 4.77. The summed E-state index contributed by atoms with van der Waals surface area (Å²) in [5.74, 6) is 0.851. The van der Waals surface area contributed by atoms with Gasteiger partial charge in [-0.3, -0.25) is 4.79 Å². The van der Waals surface area contributed by atoms with Gasteiger partial charge in [0.25, 0.3) is 0 Å². The zero-order valence-corrected chi connectivity index (χ0v) is 14.3. The topological polar surface area (TPSA) is 96.2 Å². The van der Waals surface area contributed by atoms with Gasteiger partial charge in [0, 0.05) is 46.1 Å². The standard InChI is InChI=1S/C15H25N7O2/c1-11(23)22(12-5-6-12)10-13-4-3-9-21(13)15(24)16-8-7-14-17-18-19-20(14)2/h12-13H,3-10H2,1-2H3,(H,16,24). The number of nitrogens with one attached hydrogen (secondary N) is 1. The average Bonchev–Trinajstić information content (AvgIpc) is 3.13. The molecule has 1 atom stereocenters. The Balaban J connectivity index is 1.49. The highest BCUT2D eigenvalue weighted by Gasteiger charge is 2.36. The molecular formula is C15H25N7O2. The molecule has 0 radical (unpaired) electrons. The van der Waals surface area contributed by atoms with Gasteiger partial charge in [0.05, 0.1) is 6.04 Å². The van der Waals surface area contributed by atoms with Crippen LogP contribution in [-0.2, 0) is 18.3 Å². The summed E-state index contributed by atoms with van der Waals surface area (Å²) in [7, 11) is 1.78. The summed E-state index contributed by atoms with van der Waals surface area (Å²) in [6, 6.07) is 0.439. The molecule has 2 aliphatic rings. The van der Waals surface area contributed by atoms with Crippen LogP contribution >= 0.6 is 0 Å². The molecule has 1 aromatic heterocycles. The average molecular weight is 335 g/mol. The van der Waals surface area contributed by atoms with Crippen LogP contribution in [0.25, 0.3) is 0 Å². The van der Waals surface area contributed by atoms with E-state index in [1.807, 2.05) is 9.80 Å². The number of tetrazole rings is 1. The molecule has 2 fully saturated rings. The van der Waals surface area contributed by atoms with E-state index in [0.29, 0.717) is 25.6 Å². The number of likely N-dealkylation sites (tertiary alicyclic amines) is 1. The second-order valence-electron chi connectivity index (χ2n) is 6.59. The molecule has 1 N–H and O–H groups in total. The number of carbonyl (C=O) groups excluding carboxylic acids is 2. The van der Waals surface area contributed by atoms with Crippen molar-refractivity contribution in [3.05, 3.63) is 5.82 Å². The van der Waals surface area contributed by atoms with Crippen molar-refractivity contribution in [2.24, 2.45) is 7.05 Å². The van der Waals surface area contributed by atoms with Crippen LogP contribution in [0.2, 0.25) is 0 Å². The lowest BCUT2D eigenvalue weighted by molar-refractivity contribution is -0.130. The number of rotatable bonds is 6. The van der Waals surface area contributed by atoms with E-state index >= 15 is 0 Å². The van der Waals surface area contributed by atoms with Crippen molar-refractivity contribution >= 4 is 11.9 Å². The number of nitrogens with zero attached hydrogens (tertiary/aromatic N) is 6. The molecular weight excluding hydrogens is 310 g/mol. The Morgan fingerprint density at radius 1 is 1.33 bits per heavy atom. The minimum Gasteiger partial charge on any atom is -0.338 e. The van der Waals surface area contributed by atoms with Crippen molar-refractivity contribution < 1.29 is 9.59 Å². The van der Waals surface area contributed by atoms with E-state index in [9.17, 15) is 9.59 Å². The van der Waals surface area contributed by atoms with Crippen LogP contribution in [0, 0.1) is 0 Å². The molecule has 1 aliphatic carbocycles. The van der Waals surface area contributed by atoms with Crippen LogP contribution in [0.1, 0.15) is 38.4 Å². The minimum absolute atomic E-state index is 0.0630. The maximum Gasteiger partial charge on any atom is 0.317 e. The summed E-state index contributed by atoms with van der Waals surface area (Å²) in [6.07, 6.45) is 4.71. The number of aryl methyl sites for hydroxylation is 1. The lowest BCUT2D eigenvalue weighted by Crippen LogP contribution is -2.49. The first-order valence-corrected chi connectivity index (χ1v) is 8.59. The SMILES string of the molecule is CC(=O)N(CC1CCCN1C(=O)NCCc1nnnn1C)C1CC1. The van der Waals surface area contributed by atoms with Crippen LogP contribution in [-0.4, -0.2) is 73.7 Å². The maximum absolute atomic E-state index is 12.5. The van der Waals surface area contributed by atoms with E-state index in [-0.39, 0.29) is 18.0 Å². The largest absolute Gasteiger partial charge is 0.338 e. The van der Waals surface area contributed by atoms with Crippen molar-refractivity contribution in [1.29, 1.82) is 0 Å². The zero-order chi connectivity index (χ0) is 17.1. The molecule has 1 aromatic rings. The Bertz CT molecular complexity index is 598. The van der Waals surface area contributed by atoms with Crippen molar-refractivity contribution in [3.63, 3.8) is 0 Å². The Labute approximate surface area is 141 Å². The number of amides is 3. The third-order valence-corrected chi connectivity index (χ3v) is 4.77. The molecule has 9 nitrogen and oxygen atoms in total. The van der Waals surface area contributed by atoms with Crippen LogP contribution in [0.4, 0.5) is 4.79 Å². The summed E-state index contributed by atoms with van der Waals surface area (Å²) < 4.78 is 1.60. The van der Waals surface area contributed by atoms with E-state index in [1.165, 1.54) is 0 Å². The Kier molecular flexibility index (Phi) is 4.96. The normalized spacial score (nSPS) is 20.2. The van der Waals surface area contributed by atoms with E-state index in [1.54, 1.807) is 18.7 Å². The second kappa shape index (κ2) is 7.14. The van der Waals surface area contributed by atoms with Gasteiger partial charge in [-0.15, -0.1) is 5.10 Å². The minimum atomic E-state index is -0.0630. The predicted octanol–water partition coefficient (Wildman–Crippen LogP) is -0.0625. The van der Waals surface area contributed by atoms with Gasteiger partial charge in [0.15, 0.2) is 5.82 Å². The molecule has 1 unspecified atom stereocenters. The third kappa shape index (κ3) is 3.82. The fourth-order valence-corrected chi connectivity index (χ4v) is 3.28. The molecule has 9 heteroatoms. The first-order chi connectivity index (χ1) is 11.6. The van der Waals surface area contributed by atoms with Crippen LogP contribution in [0.5, 0.6) is 0 Å².